The third-order valence-electron chi connectivity index (χ3n) is 4.64. The summed E-state index contributed by atoms with van der Waals surface area (Å²) >= 11 is 6.21. The van der Waals surface area contributed by atoms with Gasteiger partial charge < -0.3 is 15.2 Å². The predicted octanol–water partition coefficient (Wildman–Crippen LogP) is 3.87. The zero-order valence-electron chi connectivity index (χ0n) is 14.8. The number of hydrogen-bond donors (Lipinski definition) is 2. The van der Waals surface area contributed by atoms with Crippen LogP contribution in [0.5, 0.6) is 5.75 Å². The maximum Gasteiger partial charge on any atom is 0.573 e. The lowest BCUT2D eigenvalue weighted by Gasteiger charge is -2.32. The third-order valence-corrected chi connectivity index (χ3v) is 4.96. The highest BCUT2D eigenvalue weighted by Gasteiger charge is 2.32. The SMILES string of the molecule is O=c1nc(NC2CC(O)C2)c2ccc(OC(F)(F)F)cc2n1-c1ccccc1Cl. The molecule has 1 aromatic heterocycles. The van der Waals surface area contributed by atoms with Crippen LogP contribution in [0.25, 0.3) is 16.6 Å². The molecule has 0 atom stereocenters. The molecular weight excluding hydrogens is 411 g/mol. The highest BCUT2D eigenvalue weighted by molar-refractivity contribution is 6.32. The number of aromatic nitrogens is 2. The van der Waals surface area contributed by atoms with Crippen molar-refractivity contribution in [2.75, 3.05) is 5.32 Å². The van der Waals surface area contributed by atoms with E-state index in [1.54, 1.807) is 24.3 Å². The number of para-hydroxylation sites is 1. The van der Waals surface area contributed by atoms with E-state index in [4.69, 9.17) is 11.6 Å². The summed E-state index contributed by atoms with van der Waals surface area (Å²) in [6.07, 6.45) is -4.31. The fourth-order valence-corrected chi connectivity index (χ4v) is 3.50. The zero-order chi connectivity index (χ0) is 20.8. The molecule has 1 fully saturated rings. The third kappa shape index (κ3) is 4.01. The van der Waals surface area contributed by atoms with Crippen LogP contribution in [0.3, 0.4) is 0 Å². The Morgan fingerprint density at radius 1 is 1.21 bits per heavy atom. The van der Waals surface area contributed by atoms with Crippen LogP contribution in [-0.2, 0) is 0 Å². The molecule has 0 amide bonds. The van der Waals surface area contributed by atoms with Crippen molar-refractivity contribution in [3.63, 3.8) is 0 Å². The number of rotatable bonds is 4. The Kier molecular flexibility index (Phi) is 4.87. The van der Waals surface area contributed by atoms with Gasteiger partial charge in [-0.15, -0.1) is 13.2 Å². The van der Waals surface area contributed by atoms with E-state index in [1.807, 2.05) is 0 Å². The van der Waals surface area contributed by atoms with E-state index in [-0.39, 0.29) is 28.1 Å². The largest absolute Gasteiger partial charge is 0.573 e. The van der Waals surface area contributed by atoms with Crippen LogP contribution in [0, 0.1) is 0 Å². The van der Waals surface area contributed by atoms with E-state index in [1.165, 1.54) is 6.07 Å². The molecule has 0 radical (unpaired) electrons. The van der Waals surface area contributed by atoms with Crippen molar-refractivity contribution in [2.45, 2.75) is 31.3 Å². The summed E-state index contributed by atoms with van der Waals surface area (Å²) in [4.78, 5) is 16.9. The summed E-state index contributed by atoms with van der Waals surface area (Å²) in [5, 5.41) is 13.2. The standard InChI is InChI=1S/C19H15ClF3N3O3/c20-14-3-1-2-4-15(14)26-16-9-12(29-19(21,22)23)5-6-13(16)17(25-18(26)28)24-10-7-11(27)8-10/h1-6,9-11,27H,7-8H2,(H,24,25,28). The van der Waals surface area contributed by atoms with Gasteiger partial charge in [0.2, 0.25) is 0 Å². The molecule has 152 valence electrons. The van der Waals surface area contributed by atoms with E-state index in [0.29, 0.717) is 18.2 Å². The molecule has 0 aliphatic heterocycles. The highest BCUT2D eigenvalue weighted by Crippen LogP contribution is 2.32. The Hall–Kier alpha value is -2.78. The minimum absolute atomic E-state index is 0.0811. The molecule has 10 heteroatoms. The Morgan fingerprint density at radius 2 is 1.93 bits per heavy atom. The number of anilines is 1. The Morgan fingerprint density at radius 3 is 2.59 bits per heavy atom. The van der Waals surface area contributed by atoms with Gasteiger partial charge in [0.25, 0.3) is 0 Å². The molecule has 6 nitrogen and oxygen atoms in total. The Balaban J connectivity index is 1.91. The smallest absolute Gasteiger partial charge is 0.406 e. The number of nitrogens with one attached hydrogen (secondary N) is 1. The summed E-state index contributed by atoms with van der Waals surface area (Å²) in [6.45, 7) is 0. The van der Waals surface area contributed by atoms with Crippen molar-refractivity contribution >= 4 is 28.3 Å². The molecule has 1 aliphatic carbocycles. The monoisotopic (exact) mass is 425 g/mol. The molecule has 3 aromatic rings. The van der Waals surface area contributed by atoms with Crippen LogP contribution in [-0.4, -0.2) is 33.2 Å². The lowest BCUT2D eigenvalue weighted by Crippen LogP contribution is -2.39. The van der Waals surface area contributed by atoms with Crippen LogP contribution < -0.4 is 15.7 Å². The molecule has 1 heterocycles. The van der Waals surface area contributed by atoms with Gasteiger partial charge in [0.05, 0.1) is 22.3 Å². The second-order valence-corrected chi connectivity index (χ2v) is 7.13. The fraction of sp³-hybridized carbons (Fsp3) is 0.263. The van der Waals surface area contributed by atoms with Crippen molar-refractivity contribution in [3.8, 4) is 11.4 Å². The topological polar surface area (TPSA) is 76.4 Å². The first-order valence-electron chi connectivity index (χ1n) is 8.73. The number of alkyl halides is 3. The van der Waals surface area contributed by atoms with E-state index >= 15 is 0 Å². The molecule has 29 heavy (non-hydrogen) atoms. The second kappa shape index (κ2) is 7.23. The number of benzene rings is 2. The maximum absolute atomic E-state index is 12.8. The fourth-order valence-electron chi connectivity index (χ4n) is 3.28. The van der Waals surface area contributed by atoms with Crippen LogP contribution in [0.1, 0.15) is 12.8 Å². The first-order valence-corrected chi connectivity index (χ1v) is 9.11. The first-order chi connectivity index (χ1) is 13.7. The Bertz CT molecular complexity index is 1130. The minimum atomic E-state index is -4.88. The van der Waals surface area contributed by atoms with Gasteiger partial charge in [0, 0.05) is 17.5 Å². The van der Waals surface area contributed by atoms with Gasteiger partial charge >= 0.3 is 12.1 Å². The van der Waals surface area contributed by atoms with Gasteiger partial charge in [-0.05, 0) is 37.1 Å². The van der Waals surface area contributed by atoms with Crippen molar-refractivity contribution in [2.24, 2.45) is 0 Å². The number of halogens is 4. The van der Waals surface area contributed by atoms with Gasteiger partial charge in [-0.1, -0.05) is 23.7 Å². The van der Waals surface area contributed by atoms with Gasteiger partial charge in [0.15, 0.2) is 0 Å². The van der Waals surface area contributed by atoms with Crippen LogP contribution in [0.2, 0.25) is 5.02 Å². The summed E-state index contributed by atoms with van der Waals surface area (Å²) in [5.41, 5.74) is -0.272. The van der Waals surface area contributed by atoms with Crippen LogP contribution in [0.4, 0.5) is 19.0 Å². The second-order valence-electron chi connectivity index (χ2n) is 6.72. The number of fused-ring (bicyclic) bond motifs is 1. The van der Waals surface area contributed by atoms with Gasteiger partial charge in [-0.3, -0.25) is 4.57 Å². The molecule has 1 aliphatic rings. The quantitative estimate of drug-likeness (QED) is 0.663. The minimum Gasteiger partial charge on any atom is -0.406 e. The van der Waals surface area contributed by atoms with Gasteiger partial charge in [0.1, 0.15) is 11.6 Å². The van der Waals surface area contributed by atoms with Gasteiger partial charge in [-0.2, -0.15) is 4.98 Å². The summed E-state index contributed by atoms with van der Waals surface area (Å²) in [7, 11) is 0. The lowest BCUT2D eigenvalue weighted by molar-refractivity contribution is -0.274. The van der Waals surface area contributed by atoms with Gasteiger partial charge in [-0.25, -0.2) is 4.79 Å². The maximum atomic E-state index is 12.8. The van der Waals surface area contributed by atoms with E-state index in [2.05, 4.69) is 15.0 Å². The lowest BCUT2D eigenvalue weighted by atomic mass is 9.89. The molecular formula is C19H15ClF3N3O3. The Labute approximate surface area is 167 Å². The normalized spacial score (nSPS) is 19.1. The van der Waals surface area contributed by atoms with Crippen LogP contribution >= 0.6 is 11.6 Å². The molecule has 4 rings (SSSR count). The molecule has 0 bridgehead atoms. The van der Waals surface area contributed by atoms with Crippen molar-refractivity contribution < 1.29 is 23.0 Å². The average molecular weight is 426 g/mol. The number of aliphatic hydroxyl groups excluding tert-OH is 1. The first kappa shape index (κ1) is 19.5. The molecule has 2 aromatic carbocycles. The zero-order valence-corrected chi connectivity index (χ0v) is 15.5. The number of aliphatic hydroxyl groups is 1. The van der Waals surface area contributed by atoms with Crippen molar-refractivity contribution in [1.29, 1.82) is 0 Å². The molecule has 2 N–H and O–H groups in total. The highest BCUT2D eigenvalue weighted by atomic mass is 35.5. The average Bonchev–Trinajstić information content (AvgIpc) is 2.60. The molecule has 0 saturated heterocycles. The molecule has 0 spiro atoms. The van der Waals surface area contributed by atoms with E-state index < -0.39 is 23.9 Å². The summed E-state index contributed by atoms with van der Waals surface area (Å²) in [5.74, 6) is -0.245. The van der Waals surface area contributed by atoms with Crippen molar-refractivity contribution in [1.82, 2.24) is 9.55 Å². The molecule has 0 unspecified atom stereocenters. The number of nitrogens with zero attached hydrogens (tertiary/aromatic N) is 2. The summed E-state index contributed by atoms with van der Waals surface area (Å²) in [6, 6.07) is 10.0. The molecule has 1 saturated carbocycles. The van der Waals surface area contributed by atoms with E-state index in [9.17, 15) is 23.1 Å². The predicted molar refractivity (Wildman–Crippen MR) is 102 cm³/mol. The summed E-state index contributed by atoms with van der Waals surface area (Å²) < 4.78 is 43.2. The van der Waals surface area contributed by atoms with Crippen molar-refractivity contribution in [3.05, 3.63) is 58.0 Å². The van der Waals surface area contributed by atoms with Crippen LogP contribution in [0.15, 0.2) is 47.3 Å². The number of ether oxygens (including phenoxy) is 1. The van der Waals surface area contributed by atoms with E-state index in [0.717, 1.165) is 16.7 Å². The number of hydrogen-bond acceptors (Lipinski definition) is 5.